The number of benzene rings is 2. The summed E-state index contributed by atoms with van der Waals surface area (Å²) in [5.41, 5.74) is 17.0. The average Bonchev–Trinajstić information content (AvgIpc) is 3.36. The Kier molecular flexibility index (Phi) is 8.74. The molecule has 3 heterocycles. The molecule has 9 heteroatoms. The van der Waals surface area contributed by atoms with E-state index in [-0.39, 0.29) is 0 Å². The van der Waals surface area contributed by atoms with Crippen LogP contribution in [0.15, 0.2) is 88.3 Å². The number of hydrogen-bond donors (Lipinski definition) is 3. The topological polar surface area (TPSA) is 105 Å². The molecular formula is C35H40N8O. The maximum absolute atomic E-state index is 5.88. The highest BCUT2D eigenvalue weighted by atomic mass is 16.5. The number of allylic oxidation sites excluding steroid dienone is 6. The third-order valence-electron chi connectivity index (χ3n) is 8.37. The second-order valence-electron chi connectivity index (χ2n) is 11.1. The van der Waals surface area contributed by atoms with E-state index in [1.165, 1.54) is 33.7 Å². The summed E-state index contributed by atoms with van der Waals surface area (Å²) in [5, 5.41) is 11.8. The number of nitrogens with one attached hydrogen (secondary N) is 2. The second kappa shape index (κ2) is 13.2. The van der Waals surface area contributed by atoms with Gasteiger partial charge in [-0.25, -0.2) is 4.99 Å². The molecule has 3 aliphatic rings. The molecule has 3 aromatic rings. The molecule has 0 atom stereocenters. The lowest BCUT2D eigenvalue weighted by molar-refractivity contribution is 0.416. The third kappa shape index (κ3) is 6.09. The van der Waals surface area contributed by atoms with Crippen LogP contribution in [-0.4, -0.2) is 62.5 Å². The lowest BCUT2D eigenvalue weighted by Crippen LogP contribution is -2.43. The van der Waals surface area contributed by atoms with Gasteiger partial charge in [0.2, 0.25) is 0 Å². The van der Waals surface area contributed by atoms with Gasteiger partial charge >= 0.3 is 0 Å². The number of nitrogens with zero attached hydrogens (tertiary/aromatic N) is 5. The molecule has 1 saturated heterocycles. The van der Waals surface area contributed by atoms with Gasteiger partial charge in [0.25, 0.3) is 0 Å². The summed E-state index contributed by atoms with van der Waals surface area (Å²) < 4.78 is 7.80. The fraction of sp³-hybridized carbons (Fsp3) is 0.286. The van der Waals surface area contributed by atoms with Crippen LogP contribution in [0.3, 0.4) is 0 Å². The van der Waals surface area contributed by atoms with Crippen molar-refractivity contribution in [1.82, 2.24) is 15.1 Å². The molecule has 4 N–H and O–H groups in total. The van der Waals surface area contributed by atoms with Crippen molar-refractivity contribution in [3.05, 3.63) is 106 Å². The first-order valence-electron chi connectivity index (χ1n) is 15.1. The van der Waals surface area contributed by atoms with E-state index < -0.39 is 0 Å². The van der Waals surface area contributed by atoms with E-state index in [9.17, 15) is 0 Å². The molecule has 44 heavy (non-hydrogen) atoms. The standard InChI is InChI=1S/C35H40N8O/c1-37-22-27(21-36)25-7-4-6-24(18-25)19-32-35-29-8-5-9-34(39-23-26(29)10-12-31(35)41-42(32)2)40-30-13-11-28(20-33(30)44-3)43-16-14-38-15-17-43/h4-9,11,13,18,20-23,38H,10,12,14-17,19,36H2,1-3H3,(H,39,40). The van der Waals surface area contributed by atoms with Gasteiger partial charge in [-0.15, -0.1) is 0 Å². The Morgan fingerprint density at radius 2 is 2.02 bits per heavy atom. The number of methoxy groups -OCH3 is 1. The zero-order valence-corrected chi connectivity index (χ0v) is 25.7. The van der Waals surface area contributed by atoms with Crippen molar-refractivity contribution in [2.75, 3.05) is 50.6 Å². The molecule has 1 aromatic heterocycles. The molecular weight excluding hydrogens is 548 g/mol. The van der Waals surface area contributed by atoms with Gasteiger partial charge in [0.1, 0.15) is 11.6 Å². The van der Waals surface area contributed by atoms with E-state index in [4.69, 9.17) is 20.6 Å². The Morgan fingerprint density at radius 1 is 1.16 bits per heavy atom. The molecule has 0 saturated carbocycles. The van der Waals surface area contributed by atoms with E-state index in [0.717, 1.165) is 79.5 Å². The largest absolute Gasteiger partial charge is 0.494 e. The molecule has 0 spiro atoms. The van der Waals surface area contributed by atoms with Crippen LogP contribution in [0.4, 0.5) is 11.4 Å². The summed E-state index contributed by atoms with van der Waals surface area (Å²) in [6.07, 6.45) is 14.2. The van der Waals surface area contributed by atoms with E-state index in [1.54, 1.807) is 26.6 Å². The predicted octanol–water partition coefficient (Wildman–Crippen LogP) is 4.72. The lowest BCUT2D eigenvalue weighted by Gasteiger charge is -2.30. The van der Waals surface area contributed by atoms with Gasteiger partial charge < -0.3 is 26.0 Å². The number of nitrogens with two attached hydrogens (primary N) is 1. The minimum Gasteiger partial charge on any atom is -0.494 e. The van der Waals surface area contributed by atoms with E-state index in [2.05, 4.69) is 75.1 Å². The van der Waals surface area contributed by atoms with Crippen molar-refractivity contribution in [2.45, 2.75) is 19.3 Å². The number of aliphatic imine (C=N–C) groups is 2. The molecule has 0 bridgehead atoms. The first kappa shape index (κ1) is 29.2. The van der Waals surface area contributed by atoms with Gasteiger partial charge in [0, 0.05) is 88.2 Å². The van der Waals surface area contributed by atoms with Crippen LogP contribution in [0.1, 0.15) is 34.5 Å². The Bertz CT molecular complexity index is 1720. The van der Waals surface area contributed by atoms with Crippen LogP contribution in [0, 0.1) is 0 Å². The van der Waals surface area contributed by atoms with Crippen molar-refractivity contribution in [3.8, 4) is 5.75 Å². The maximum atomic E-state index is 5.88. The predicted molar refractivity (Wildman–Crippen MR) is 182 cm³/mol. The van der Waals surface area contributed by atoms with Crippen LogP contribution in [0.5, 0.6) is 5.75 Å². The van der Waals surface area contributed by atoms with Gasteiger partial charge in [-0.2, -0.15) is 5.10 Å². The summed E-state index contributed by atoms with van der Waals surface area (Å²) in [5.74, 6) is 1.56. The smallest absolute Gasteiger partial charge is 0.144 e. The van der Waals surface area contributed by atoms with Gasteiger partial charge in [-0.1, -0.05) is 36.4 Å². The maximum Gasteiger partial charge on any atom is 0.144 e. The summed E-state index contributed by atoms with van der Waals surface area (Å²) in [4.78, 5) is 11.4. The number of rotatable bonds is 8. The fourth-order valence-corrected chi connectivity index (χ4v) is 6.13. The number of piperazine rings is 1. The molecule has 2 aromatic carbocycles. The summed E-state index contributed by atoms with van der Waals surface area (Å²) >= 11 is 0. The van der Waals surface area contributed by atoms with E-state index in [0.29, 0.717) is 0 Å². The highest BCUT2D eigenvalue weighted by Crippen LogP contribution is 2.36. The zero-order chi connectivity index (χ0) is 30.5. The first-order chi connectivity index (χ1) is 21.6. The van der Waals surface area contributed by atoms with Crippen molar-refractivity contribution in [2.24, 2.45) is 22.8 Å². The normalized spacial score (nSPS) is 18.8. The molecule has 1 fully saturated rings. The number of fused-ring (bicyclic) bond motifs is 2. The van der Waals surface area contributed by atoms with E-state index >= 15 is 0 Å². The van der Waals surface area contributed by atoms with Gasteiger partial charge in [0.05, 0.1) is 24.2 Å². The minimum atomic E-state index is 0.752. The molecule has 2 aliphatic heterocycles. The highest BCUT2D eigenvalue weighted by molar-refractivity contribution is 6.09. The Labute approximate surface area is 259 Å². The molecule has 226 valence electrons. The highest BCUT2D eigenvalue weighted by Gasteiger charge is 2.25. The molecule has 0 amide bonds. The van der Waals surface area contributed by atoms with Crippen LogP contribution in [0.2, 0.25) is 0 Å². The van der Waals surface area contributed by atoms with E-state index in [1.807, 2.05) is 24.0 Å². The summed E-state index contributed by atoms with van der Waals surface area (Å²) in [6.45, 7) is 3.96. The summed E-state index contributed by atoms with van der Waals surface area (Å²) in [6, 6.07) is 14.8. The van der Waals surface area contributed by atoms with Crippen molar-refractivity contribution in [3.63, 3.8) is 0 Å². The number of ether oxygens (including phenoxy) is 1. The molecule has 6 rings (SSSR count). The minimum absolute atomic E-state index is 0.752. The number of aryl methyl sites for hydroxylation is 2. The second-order valence-corrected chi connectivity index (χ2v) is 11.1. The molecule has 1 aliphatic carbocycles. The molecule has 0 unspecified atom stereocenters. The van der Waals surface area contributed by atoms with Crippen molar-refractivity contribution in [1.29, 1.82) is 0 Å². The van der Waals surface area contributed by atoms with Crippen molar-refractivity contribution >= 4 is 35.0 Å². The average molecular weight is 589 g/mol. The van der Waals surface area contributed by atoms with Gasteiger partial charge in [0.15, 0.2) is 0 Å². The summed E-state index contributed by atoms with van der Waals surface area (Å²) in [7, 11) is 5.50. The van der Waals surface area contributed by atoms with Crippen LogP contribution < -0.4 is 26.0 Å². The van der Waals surface area contributed by atoms with Crippen molar-refractivity contribution < 1.29 is 4.74 Å². The van der Waals surface area contributed by atoms with Crippen LogP contribution in [-0.2, 0) is 19.9 Å². The zero-order valence-electron chi connectivity index (χ0n) is 25.7. The van der Waals surface area contributed by atoms with Crippen LogP contribution in [0.25, 0.3) is 11.1 Å². The SMILES string of the molecule is CN=CC(=CN)c1cccc(Cc2c3c(nn2C)CCC2=C3/C=C/C=C(\Nc3ccc(N4CCNCC4)cc3OC)N=C2)c1. The molecule has 9 nitrogen and oxygen atoms in total. The number of anilines is 2. The first-order valence-corrected chi connectivity index (χ1v) is 15.1. The third-order valence-corrected chi connectivity index (χ3v) is 8.37. The Balaban J connectivity index is 1.24. The van der Waals surface area contributed by atoms with Gasteiger partial charge in [-0.05, 0) is 53.3 Å². The lowest BCUT2D eigenvalue weighted by atomic mass is 9.86. The Morgan fingerprint density at radius 3 is 2.82 bits per heavy atom. The number of hydrogen-bond acceptors (Lipinski definition) is 8. The number of aromatic nitrogens is 2. The quantitative estimate of drug-likeness (QED) is 0.329. The monoisotopic (exact) mass is 588 g/mol. The van der Waals surface area contributed by atoms with Crippen LogP contribution >= 0.6 is 0 Å². The molecule has 0 radical (unpaired) electrons. The Hall–Kier alpha value is -4.89. The van der Waals surface area contributed by atoms with Gasteiger partial charge in [-0.3, -0.25) is 9.67 Å². The fourth-order valence-electron chi connectivity index (χ4n) is 6.13.